The first-order valence-corrected chi connectivity index (χ1v) is 12.9. The highest BCUT2D eigenvalue weighted by Crippen LogP contribution is 2.55. The lowest BCUT2D eigenvalue weighted by atomic mass is 10.1. The number of aliphatic hydroxyl groups is 2. The van der Waals surface area contributed by atoms with Crippen LogP contribution in [0, 0.1) is 0 Å². The number of ether oxygens (including phenoxy) is 1. The lowest BCUT2D eigenvalue weighted by molar-refractivity contribution is -0.0497. The van der Waals surface area contributed by atoms with Crippen LogP contribution >= 0.6 is 25.1 Å². The van der Waals surface area contributed by atoms with Crippen LogP contribution < -0.4 is 5.73 Å². The molecule has 22 heteroatoms. The molecule has 1 saturated heterocycles. The zero-order valence-corrected chi connectivity index (χ0v) is 19.1. The number of aromatic nitrogens is 4. The zero-order valence-electron chi connectivity index (χ0n) is 15.4. The highest BCUT2D eigenvalue weighted by atomic mass is 32.3. The van der Waals surface area contributed by atoms with E-state index >= 15 is 0 Å². The Morgan fingerprint density at radius 2 is 1.88 bits per heavy atom. The summed E-state index contributed by atoms with van der Waals surface area (Å²) in [5, 5.41) is 20.6. The number of imidazole rings is 1. The smallest absolute Gasteiger partial charge is 0.387 e. The van der Waals surface area contributed by atoms with E-state index in [0.29, 0.717) is 0 Å². The summed E-state index contributed by atoms with van der Waals surface area (Å²) in [5.41, 5.74) is 6.05. The molecule has 2 unspecified atom stereocenters. The normalized spacial score (nSPS) is 26.4. The molecule has 3 heterocycles. The van der Waals surface area contributed by atoms with Gasteiger partial charge in [0.25, 0.3) is 0 Å². The van der Waals surface area contributed by atoms with Gasteiger partial charge >= 0.3 is 26.0 Å². The van der Waals surface area contributed by atoms with Gasteiger partial charge in [-0.2, -0.15) is 8.42 Å². The van der Waals surface area contributed by atoms with E-state index in [2.05, 4.69) is 27.2 Å². The number of nitrogens with zero attached hydrogens (tertiary/aromatic N) is 4. The van der Waals surface area contributed by atoms with Crippen molar-refractivity contribution in [3.8, 4) is 0 Å². The number of hydrogen-bond acceptors (Lipinski definition) is 15. The molecular weight excluding hydrogens is 523 g/mol. The Kier molecular flexibility index (Phi) is 7.34. The maximum atomic E-state index is 12.3. The summed E-state index contributed by atoms with van der Waals surface area (Å²) in [6.07, 6.45) is -3.54. The average molecular weight is 539 g/mol. The van der Waals surface area contributed by atoms with E-state index in [1.165, 1.54) is 20.4 Å². The highest BCUT2D eigenvalue weighted by molar-refractivity contribution is 7.90. The second-order valence-electron chi connectivity index (χ2n) is 6.03. The van der Waals surface area contributed by atoms with Crippen LogP contribution in [0.15, 0.2) is 12.7 Å². The predicted octanol–water partition coefficient (Wildman–Crippen LogP) is -1.67. The number of nitrogens with two attached hydrogens (primary N) is 1. The number of aliphatic hydroxyl groups excluding tert-OH is 2. The lowest BCUT2D eigenvalue weighted by Gasteiger charge is -2.19. The molecule has 2 aromatic heterocycles. The van der Waals surface area contributed by atoms with E-state index in [9.17, 15) is 27.8 Å². The van der Waals surface area contributed by atoms with Crippen molar-refractivity contribution in [3.05, 3.63) is 12.7 Å². The van der Waals surface area contributed by atoms with Gasteiger partial charge in [0.15, 0.2) is 17.7 Å². The Balaban J connectivity index is 1.73. The Hall–Kier alpha value is -1.17. The standard InChI is InChI=1S/C10H16N5O13P3S/c11-8-5-9(13-2-12-8)15(3-14-5)10-7(17)6(16)4(25-10)1-24-31(21,26-29)28-32(22,23)27-30(18,19)20/h2-4,6-7,10,16-17H,1,29H2,(H2,11,12,13)(H2,18,19,20)/t4-,6-,7-,10-,31?/m1/s1. The van der Waals surface area contributed by atoms with E-state index in [-0.39, 0.29) is 17.0 Å². The second-order valence-corrected chi connectivity index (χ2v) is 11.0. The third kappa shape index (κ3) is 5.66. The van der Waals surface area contributed by atoms with Crippen LogP contribution in [-0.4, -0.2) is 72.9 Å². The molecule has 0 radical (unpaired) electrons. The first kappa shape index (κ1) is 25.5. The molecule has 3 rings (SSSR count). The summed E-state index contributed by atoms with van der Waals surface area (Å²) < 4.78 is 68.9. The molecule has 0 aliphatic carbocycles. The minimum absolute atomic E-state index is 0.0519. The van der Waals surface area contributed by atoms with E-state index in [1.807, 2.05) is 0 Å². The second kappa shape index (κ2) is 9.23. The SMILES string of the molecule is Nc1ncnc2c1ncn2[C@@H]1O[C@H](COP(=O)(OP)OS(=O)(=O)OP(=O)(O)O)[C@@H](O)[C@H]1O. The molecule has 1 fully saturated rings. The van der Waals surface area contributed by atoms with Gasteiger partial charge in [0.1, 0.15) is 30.2 Å². The van der Waals surface area contributed by atoms with Crippen molar-refractivity contribution in [2.24, 2.45) is 0 Å². The average Bonchev–Trinajstić information content (AvgIpc) is 3.21. The van der Waals surface area contributed by atoms with Crippen molar-refractivity contribution >= 4 is 52.5 Å². The Morgan fingerprint density at radius 3 is 2.50 bits per heavy atom. The molecule has 2 aromatic rings. The number of nitrogen functional groups attached to an aromatic ring is 1. The first-order chi connectivity index (χ1) is 14.8. The summed E-state index contributed by atoms with van der Waals surface area (Å²) in [5.74, 6) is 0.0519. The van der Waals surface area contributed by atoms with Crippen molar-refractivity contribution < 1.29 is 59.1 Å². The Morgan fingerprint density at radius 1 is 1.19 bits per heavy atom. The van der Waals surface area contributed by atoms with Crippen molar-refractivity contribution in [2.45, 2.75) is 24.5 Å². The van der Waals surface area contributed by atoms with Crippen molar-refractivity contribution in [1.29, 1.82) is 0 Å². The van der Waals surface area contributed by atoms with E-state index in [0.717, 1.165) is 6.33 Å². The minimum atomic E-state index is -5.58. The fourth-order valence-electron chi connectivity index (χ4n) is 2.63. The van der Waals surface area contributed by atoms with E-state index < -0.39 is 57.2 Å². The quantitative estimate of drug-likeness (QED) is 0.223. The number of anilines is 1. The molecule has 0 spiro atoms. The molecular formula is C10H16N5O13P3S. The molecule has 0 aromatic carbocycles. The number of rotatable bonds is 9. The molecule has 18 nitrogen and oxygen atoms in total. The molecule has 0 bridgehead atoms. The van der Waals surface area contributed by atoms with Crippen LogP contribution in [0.5, 0.6) is 0 Å². The first-order valence-electron chi connectivity index (χ1n) is 8.06. The van der Waals surface area contributed by atoms with Gasteiger partial charge < -0.3 is 30.5 Å². The van der Waals surface area contributed by atoms with Gasteiger partial charge in [-0.15, -0.1) is 7.94 Å². The Bertz CT molecular complexity index is 1190. The van der Waals surface area contributed by atoms with E-state index in [4.69, 9.17) is 24.8 Å². The molecule has 6 N–H and O–H groups in total. The third-order valence-corrected chi connectivity index (χ3v) is 8.36. The summed E-state index contributed by atoms with van der Waals surface area (Å²) in [4.78, 5) is 28.8. The van der Waals surface area contributed by atoms with Gasteiger partial charge in [-0.25, -0.2) is 24.1 Å². The Labute approximate surface area is 181 Å². The van der Waals surface area contributed by atoms with Crippen molar-refractivity contribution in [2.75, 3.05) is 12.3 Å². The van der Waals surface area contributed by atoms with Crippen LogP contribution in [0.1, 0.15) is 6.23 Å². The molecule has 180 valence electrons. The summed E-state index contributed by atoms with van der Waals surface area (Å²) >= 11 is 0. The van der Waals surface area contributed by atoms with Crippen LogP contribution in [0.4, 0.5) is 5.82 Å². The molecule has 1 aliphatic rings. The maximum absolute atomic E-state index is 12.3. The molecule has 0 saturated carbocycles. The van der Waals surface area contributed by atoms with Gasteiger partial charge in [-0.3, -0.25) is 13.4 Å². The fraction of sp³-hybridized carbons (Fsp3) is 0.500. The van der Waals surface area contributed by atoms with Gasteiger partial charge in [-0.1, -0.05) is 0 Å². The number of hydrogen-bond donors (Lipinski definition) is 5. The van der Waals surface area contributed by atoms with Crippen LogP contribution in [-0.2, 0) is 41.0 Å². The highest BCUT2D eigenvalue weighted by Gasteiger charge is 2.46. The van der Waals surface area contributed by atoms with Gasteiger partial charge in [0.2, 0.25) is 0 Å². The van der Waals surface area contributed by atoms with Gasteiger partial charge in [0.05, 0.1) is 12.9 Å². The van der Waals surface area contributed by atoms with Crippen LogP contribution in [0.2, 0.25) is 0 Å². The lowest BCUT2D eigenvalue weighted by Crippen LogP contribution is -2.33. The fourth-order valence-corrected chi connectivity index (χ4v) is 6.03. The maximum Gasteiger partial charge on any atom is 0.494 e. The minimum Gasteiger partial charge on any atom is -0.387 e. The largest absolute Gasteiger partial charge is 0.494 e. The van der Waals surface area contributed by atoms with Crippen molar-refractivity contribution in [1.82, 2.24) is 19.5 Å². The summed E-state index contributed by atoms with van der Waals surface area (Å²) in [6.45, 7) is -0.865. The van der Waals surface area contributed by atoms with Crippen molar-refractivity contribution in [3.63, 3.8) is 0 Å². The molecule has 32 heavy (non-hydrogen) atoms. The van der Waals surface area contributed by atoms with Crippen LogP contribution in [0.25, 0.3) is 11.2 Å². The summed E-state index contributed by atoms with van der Waals surface area (Å²) in [6, 6.07) is 0. The number of fused-ring (bicyclic) bond motifs is 1. The molecule has 0 amide bonds. The van der Waals surface area contributed by atoms with E-state index in [1.54, 1.807) is 0 Å². The monoisotopic (exact) mass is 539 g/mol. The predicted molar refractivity (Wildman–Crippen MR) is 103 cm³/mol. The molecule has 1 aliphatic heterocycles. The van der Waals surface area contributed by atoms with Crippen LogP contribution in [0.3, 0.4) is 0 Å². The topological polar surface area (TPSA) is 265 Å². The zero-order chi connectivity index (χ0) is 23.9. The number of phosphoric acid groups is 2. The van der Waals surface area contributed by atoms with Gasteiger partial charge in [-0.05, 0) is 0 Å². The van der Waals surface area contributed by atoms with Gasteiger partial charge in [0, 0.05) is 9.47 Å². The third-order valence-electron chi connectivity index (χ3n) is 3.90. The summed E-state index contributed by atoms with van der Waals surface area (Å²) in [7, 11) is -14.8. The molecule has 6 atom stereocenters.